The standard InChI is InChI=1S/C13H17NO5S/c1-4-19-12(9-13(15)18-3)14-20(16,17)11-7-5-10(2)6-8-11/h5-8H,4,9H2,1-3H3/b14-12-. The Morgan fingerprint density at radius 1 is 1.25 bits per heavy atom. The number of methoxy groups -OCH3 is 1. The fraction of sp³-hybridized carbons (Fsp3) is 0.385. The minimum atomic E-state index is -3.90. The molecule has 0 unspecified atom stereocenters. The number of aryl methyl sites for hydroxylation is 1. The zero-order valence-electron chi connectivity index (χ0n) is 11.6. The molecular formula is C13H17NO5S. The summed E-state index contributed by atoms with van der Waals surface area (Å²) in [5.41, 5.74) is 0.938. The fourth-order valence-electron chi connectivity index (χ4n) is 1.37. The van der Waals surface area contributed by atoms with Gasteiger partial charge in [-0.25, -0.2) is 0 Å². The largest absolute Gasteiger partial charge is 0.480 e. The molecule has 0 amide bonds. The van der Waals surface area contributed by atoms with Gasteiger partial charge >= 0.3 is 5.97 Å². The number of hydrogen-bond donors (Lipinski definition) is 0. The first kappa shape index (κ1) is 16.2. The summed E-state index contributed by atoms with van der Waals surface area (Å²) < 4.78 is 37.2. The molecule has 0 fully saturated rings. The van der Waals surface area contributed by atoms with Gasteiger partial charge in [0.25, 0.3) is 10.0 Å². The van der Waals surface area contributed by atoms with Crippen molar-refractivity contribution in [3.05, 3.63) is 29.8 Å². The predicted molar refractivity (Wildman–Crippen MR) is 74.1 cm³/mol. The van der Waals surface area contributed by atoms with Gasteiger partial charge in [0.15, 0.2) is 0 Å². The van der Waals surface area contributed by atoms with E-state index in [1.165, 1.54) is 19.2 Å². The van der Waals surface area contributed by atoms with Gasteiger partial charge in [0.05, 0.1) is 18.6 Å². The number of esters is 1. The Labute approximate surface area is 118 Å². The Morgan fingerprint density at radius 2 is 1.85 bits per heavy atom. The third-order valence-corrected chi connectivity index (χ3v) is 3.69. The summed E-state index contributed by atoms with van der Waals surface area (Å²) in [5, 5.41) is 0. The number of carbonyl (C=O) groups excluding carboxylic acids is 1. The maximum absolute atomic E-state index is 12.1. The predicted octanol–water partition coefficient (Wildman–Crippen LogP) is 1.68. The van der Waals surface area contributed by atoms with Crippen LogP contribution in [0.25, 0.3) is 0 Å². The van der Waals surface area contributed by atoms with Crippen LogP contribution in [0.5, 0.6) is 0 Å². The fourth-order valence-corrected chi connectivity index (χ4v) is 2.34. The van der Waals surface area contributed by atoms with Crippen LogP contribution in [0.3, 0.4) is 0 Å². The Balaban J connectivity index is 3.07. The molecule has 0 aliphatic heterocycles. The average Bonchev–Trinajstić information content (AvgIpc) is 2.38. The molecule has 0 heterocycles. The summed E-state index contributed by atoms with van der Waals surface area (Å²) in [6.07, 6.45) is -0.324. The Bertz CT molecular complexity index is 590. The van der Waals surface area contributed by atoms with Crippen molar-refractivity contribution in [3.8, 4) is 0 Å². The first-order valence-corrected chi connectivity index (χ1v) is 7.43. The topological polar surface area (TPSA) is 82.0 Å². The van der Waals surface area contributed by atoms with E-state index in [1.807, 2.05) is 6.92 Å². The zero-order chi connectivity index (χ0) is 15.2. The van der Waals surface area contributed by atoms with E-state index >= 15 is 0 Å². The molecule has 0 saturated carbocycles. The van der Waals surface area contributed by atoms with E-state index in [9.17, 15) is 13.2 Å². The van der Waals surface area contributed by atoms with Gasteiger partial charge in [-0.15, -0.1) is 4.40 Å². The van der Waals surface area contributed by atoms with Crippen LogP contribution >= 0.6 is 0 Å². The third kappa shape index (κ3) is 4.65. The molecule has 20 heavy (non-hydrogen) atoms. The second-order valence-electron chi connectivity index (χ2n) is 3.96. The van der Waals surface area contributed by atoms with Gasteiger partial charge < -0.3 is 9.47 Å². The molecule has 0 aliphatic rings. The maximum Gasteiger partial charge on any atom is 0.314 e. The molecule has 1 rings (SSSR count). The van der Waals surface area contributed by atoms with Crippen LogP contribution in [0, 0.1) is 6.92 Å². The first-order chi connectivity index (χ1) is 9.39. The van der Waals surface area contributed by atoms with Crippen molar-refractivity contribution >= 4 is 21.9 Å². The highest BCUT2D eigenvalue weighted by Crippen LogP contribution is 2.14. The highest BCUT2D eigenvalue weighted by atomic mass is 32.2. The first-order valence-electron chi connectivity index (χ1n) is 5.99. The second kappa shape index (κ2) is 7.04. The molecule has 110 valence electrons. The smallest absolute Gasteiger partial charge is 0.314 e. The Morgan fingerprint density at radius 3 is 2.35 bits per heavy atom. The van der Waals surface area contributed by atoms with Crippen molar-refractivity contribution in [1.82, 2.24) is 0 Å². The highest BCUT2D eigenvalue weighted by Gasteiger charge is 2.17. The van der Waals surface area contributed by atoms with Crippen LogP contribution in [-0.2, 0) is 24.3 Å². The lowest BCUT2D eigenvalue weighted by Crippen LogP contribution is -2.15. The van der Waals surface area contributed by atoms with Crippen molar-refractivity contribution < 1.29 is 22.7 Å². The lowest BCUT2D eigenvalue weighted by atomic mass is 10.2. The van der Waals surface area contributed by atoms with E-state index < -0.39 is 16.0 Å². The lowest BCUT2D eigenvalue weighted by molar-refractivity contribution is -0.139. The number of benzene rings is 1. The van der Waals surface area contributed by atoms with Crippen LogP contribution < -0.4 is 0 Å². The normalized spacial score (nSPS) is 12.1. The zero-order valence-corrected chi connectivity index (χ0v) is 12.4. The number of ether oxygens (including phenoxy) is 2. The van der Waals surface area contributed by atoms with Gasteiger partial charge in [-0.3, -0.25) is 4.79 Å². The molecule has 0 saturated heterocycles. The lowest BCUT2D eigenvalue weighted by Gasteiger charge is -2.06. The highest BCUT2D eigenvalue weighted by molar-refractivity contribution is 7.90. The average molecular weight is 299 g/mol. The molecule has 0 radical (unpaired) electrons. The van der Waals surface area contributed by atoms with Crippen LogP contribution in [0.15, 0.2) is 33.6 Å². The van der Waals surface area contributed by atoms with Crippen LogP contribution in [0.4, 0.5) is 0 Å². The van der Waals surface area contributed by atoms with Gasteiger partial charge in [-0.1, -0.05) is 17.7 Å². The monoisotopic (exact) mass is 299 g/mol. The molecule has 1 aromatic rings. The molecule has 6 nitrogen and oxygen atoms in total. The molecule has 0 spiro atoms. The third-order valence-electron chi connectivity index (χ3n) is 2.38. The van der Waals surface area contributed by atoms with Crippen LogP contribution in [-0.4, -0.2) is 34.0 Å². The van der Waals surface area contributed by atoms with Gasteiger partial charge in [0.1, 0.15) is 6.42 Å². The van der Waals surface area contributed by atoms with Crippen molar-refractivity contribution in [2.45, 2.75) is 25.2 Å². The van der Waals surface area contributed by atoms with Crippen molar-refractivity contribution in [3.63, 3.8) is 0 Å². The minimum Gasteiger partial charge on any atom is -0.480 e. The van der Waals surface area contributed by atoms with Crippen LogP contribution in [0.2, 0.25) is 0 Å². The SMILES string of the molecule is CCO/C(CC(=O)OC)=N\S(=O)(=O)c1ccc(C)cc1. The van der Waals surface area contributed by atoms with E-state index in [-0.39, 0.29) is 23.8 Å². The molecule has 0 aromatic heterocycles. The number of rotatable bonds is 5. The number of hydrogen-bond acceptors (Lipinski definition) is 5. The summed E-state index contributed by atoms with van der Waals surface area (Å²) in [6.45, 7) is 3.73. The minimum absolute atomic E-state index is 0.0465. The van der Waals surface area contributed by atoms with Crippen molar-refractivity contribution in [2.24, 2.45) is 4.40 Å². The van der Waals surface area contributed by atoms with E-state index in [2.05, 4.69) is 9.13 Å². The quantitative estimate of drug-likeness (QED) is 0.469. The molecule has 0 bridgehead atoms. The number of nitrogens with zero attached hydrogens (tertiary/aromatic N) is 1. The van der Waals surface area contributed by atoms with E-state index in [1.54, 1.807) is 19.1 Å². The second-order valence-corrected chi connectivity index (χ2v) is 5.56. The Hall–Kier alpha value is -1.89. The van der Waals surface area contributed by atoms with Gasteiger partial charge in [0.2, 0.25) is 5.90 Å². The molecule has 0 aliphatic carbocycles. The maximum atomic E-state index is 12.1. The number of sulfonamides is 1. The van der Waals surface area contributed by atoms with Gasteiger partial charge in [-0.2, -0.15) is 8.42 Å². The van der Waals surface area contributed by atoms with Gasteiger partial charge in [0, 0.05) is 0 Å². The number of carbonyl (C=O) groups is 1. The molecule has 7 heteroatoms. The van der Waals surface area contributed by atoms with Gasteiger partial charge in [-0.05, 0) is 26.0 Å². The molecular weight excluding hydrogens is 282 g/mol. The summed E-state index contributed by atoms with van der Waals surface area (Å²) in [4.78, 5) is 11.2. The molecule has 0 N–H and O–H groups in total. The summed E-state index contributed by atoms with van der Waals surface area (Å²) >= 11 is 0. The molecule has 0 atom stereocenters. The van der Waals surface area contributed by atoms with Crippen LogP contribution in [0.1, 0.15) is 18.9 Å². The van der Waals surface area contributed by atoms with E-state index in [4.69, 9.17) is 4.74 Å². The van der Waals surface area contributed by atoms with Crippen molar-refractivity contribution in [1.29, 1.82) is 0 Å². The summed E-state index contributed by atoms with van der Waals surface area (Å²) in [7, 11) is -2.69. The molecule has 1 aromatic carbocycles. The van der Waals surface area contributed by atoms with E-state index in [0.717, 1.165) is 5.56 Å². The van der Waals surface area contributed by atoms with Crippen molar-refractivity contribution in [2.75, 3.05) is 13.7 Å². The Kier molecular flexibility index (Phi) is 5.69. The summed E-state index contributed by atoms with van der Waals surface area (Å²) in [5.74, 6) is -0.795. The summed E-state index contributed by atoms with van der Waals surface area (Å²) in [6, 6.07) is 6.25. The van der Waals surface area contributed by atoms with E-state index in [0.29, 0.717) is 0 Å².